The largest absolute Gasteiger partial charge is 0.462 e. The molecule has 4 aromatic rings. The van der Waals surface area contributed by atoms with Crippen LogP contribution in [0.2, 0.25) is 5.02 Å². The minimum absolute atomic E-state index is 0.0132. The zero-order valence-corrected chi connectivity index (χ0v) is 24.8. The summed E-state index contributed by atoms with van der Waals surface area (Å²) in [6, 6.07) is 13.0. The van der Waals surface area contributed by atoms with Crippen molar-refractivity contribution in [2.24, 2.45) is 0 Å². The Morgan fingerprint density at radius 1 is 1.18 bits per heavy atom. The number of amides is 1. The Bertz CT molecular complexity index is 1790. The molecule has 4 heterocycles. The molecule has 3 atom stereocenters. The summed E-state index contributed by atoms with van der Waals surface area (Å²) in [7, 11) is 1.86. The van der Waals surface area contributed by atoms with Crippen LogP contribution in [-0.2, 0) is 4.79 Å². The van der Waals surface area contributed by atoms with Crippen molar-refractivity contribution in [1.82, 2.24) is 24.8 Å². The summed E-state index contributed by atoms with van der Waals surface area (Å²) in [5.41, 5.74) is 2.28. The van der Waals surface area contributed by atoms with Gasteiger partial charge in [-0.2, -0.15) is 15.2 Å². The second kappa shape index (κ2) is 12.3. The van der Waals surface area contributed by atoms with E-state index in [4.69, 9.17) is 26.3 Å². The van der Waals surface area contributed by atoms with Gasteiger partial charge in [-0.05, 0) is 37.2 Å². The van der Waals surface area contributed by atoms with Crippen LogP contribution in [0.5, 0.6) is 6.01 Å². The van der Waals surface area contributed by atoms with Crippen LogP contribution >= 0.6 is 11.6 Å². The van der Waals surface area contributed by atoms with E-state index in [0.717, 1.165) is 27.3 Å². The molecule has 1 amide bonds. The van der Waals surface area contributed by atoms with Gasteiger partial charge in [0.2, 0.25) is 0 Å². The van der Waals surface area contributed by atoms with Crippen molar-refractivity contribution in [2.45, 2.75) is 31.1 Å². The lowest BCUT2D eigenvalue weighted by atomic mass is 9.99. The molecule has 0 unspecified atom stereocenters. The van der Waals surface area contributed by atoms with E-state index < -0.39 is 23.9 Å². The molecule has 2 fully saturated rings. The van der Waals surface area contributed by atoms with Crippen molar-refractivity contribution in [3.05, 3.63) is 66.2 Å². The molecule has 9 nitrogen and oxygen atoms in total. The fraction of sp³-hybridized carbons (Fsp3) is 0.344. The van der Waals surface area contributed by atoms with Crippen LogP contribution in [0.15, 0.2) is 61.2 Å². The lowest BCUT2D eigenvalue weighted by Crippen LogP contribution is -2.55. The quantitative estimate of drug-likeness (QED) is 0.257. The molecule has 226 valence electrons. The summed E-state index contributed by atoms with van der Waals surface area (Å²) < 4.78 is 33.9. The molecule has 0 saturated carbocycles. The maximum atomic E-state index is 14.0. The van der Waals surface area contributed by atoms with Crippen molar-refractivity contribution in [2.75, 3.05) is 44.7 Å². The van der Waals surface area contributed by atoms with Gasteiger partial charge in [-0.3, -0.25) is 14.7 Å². The number of nitrogens with zero attached hydrogens (tertiary/aromatic N) is 7. The standard InChI is InChI=1S/C32H30ClF2N7O2/c1-19(34)31(43)42-11-10-41(17-23(42)8-9-36)30-25-7-6-20(26-15-37-14-21-4-3-5-27(33)29(21)26)12-28(25)38-32(39-30)44-18-24-13-22(35)16-40(24)2/h3-7,12,14-15,22-24H,1,8,10-11,13,16-18H2,2H3/t22-,23+,24+/m1/s1. The molecule has 12 heteroatoms. The number of ether oxygens (including phenoxy) is 1. The third kappa shape index (κ3) is 5.75. The first kappa shape index (κ1) is 29.7. The smallest absolute Gasteiger partial charge is 0.319 e. The first-order chi connectivity index (χ1) is 21.2. The summed E-state index contributed by atoms with van der Waals surface area (Å²) in [4.78, 5) is 31.6. The van der Waals surface area contributed by atoms with E-state index in [-0.39, 0.29) is 38.2 Å². The number of hydrogen-bond acceptors (Lipinski definition) is 8. The maximum Gasteiger partial charge on any atom is 0.319 e. The molecule has 2 aromatic carbocycles. The first-order valence-electron chi connectivity index (χ1n) is 14.3. The van der Waals surface area contributed by atoms with Gasteiger partial charge in [0.15, 0.2) is 5.83 Å². The number of aromatic nitrogens is 3. The number of benzene rings is 2. The van der Waals surface area contributed by atoms with E-state index in [2.05, 4.69) is 17.6 Å². The van der Waals surface area contributed by atoms with Crippen LogP contribution in [0, 0.1) is 11.3 Å². The molecule has 0 bridgehead atoms. The summed E-state index contributed by atoms with van der Waals surface area (Å²) in [6.07, 6.45) is 2.99. The van der Waals surface area contributed by atoms with Gasteiger partial charge < -0.3 is 14.5 Å². The third-order valence-corrected chi connectivity index (χ3v) is 8.66. The normalized spacial score (nSPS) is 20.7. The van der Waals surface area contributed by atoms with Crippen molar-refractivity contribution >= 4 is 45.0 Å². The number of hydrogen-bond donors (Lipinski definition) is 0. The minimum Gasteiger partial charge on any atom is -0.462 e. The number of piperazine rings is 1. The molecule has 2 aromatic heterocycles. The van der Waals surface area contributed by atoms with Gasteiger partial charge in [0, 0.05) is 71.4 Å². The lowest BCUT2D eigenvalue weighted by molar-refractivity contribution is -0.131. The molecule has 0 N–H and O–H groups in total. The SMILES string of the molecule is C=C(F)C(=O)N1CCN(c2nc(OC[C@@H]3C[C@@H](F)CN3C)nc3cc(-c4cncc5cccc(Cl)c45)ccc23)C[C@@H]1CC#N. The molecule has 2 aliphatic rings. The number of likely N-dealkylation sites (N-methyl/N-ethyl adjacent to an activating group) is 1. The number of pyridine rings is 1. The summed E-state index contributed by atoms with van der Waals surface area (Å²) in [6.45, 7) is 4.47. The molecular formula is C32H30ClF2N7O2. The molecule has 0 spiro atoms. The highest BCUT2D eigenvalue weighted by Crippen LogP contribution is 2.36. The van der Waals surface area contributed by atoms with Crippen LogP contribution in [0.25, 0.3) is 32.8 Å². The summed E-state index contributed by atoms with van der Waals surface area (Å²) >= 11 is 6.61. The Hall–Kier alpha value is -4.40. The maximum absolute atomic E-state index is 14.0. The van der Waals surface area contributed by atoms with Crippen LogP contribution in [0.1, 0.15) is 12.8 Å². The van der Waals surface area contributed by atoms with E-state index in [1.165, 1.54) is 4.90 Å². The Balaban J connectivity index is 1.41. The Morgan fingerprint density at radius 2 is 2.02 bits per heavy atom. The number of fused-ring (bicyclic) bond motifs is 2. The van der Waals surface area contributed by atoms with Crippen LogP contribution < -0.4 is 9.64 Å². The highest BCUT2D eigenvalue weighted by molar-refractivity contribution is 6.36. The first-order valence-corrected chi connectivity index (χ1v) is 14.7. The second-order valence-corrected chi connectivity index (χ2v) is 11.6. The number of likely N-dealkylation sites (tertiary alicyclic amines) is 1. The molecule has 2 saturated heterocycles. The molecule has 2 aliphatic heterocycles. The molecule has 0 radical (unpaired) electrons. The van der Waals surface area contributed by atoms with Crippen LogP contribution in [0.3, 0.4) is 0 Å². The van der Waals surface area contributed by atoms with Crippen molar-refractivity contribution in [3.63, 3.8) is 0 Å². The average Bonchev–Trinajstić information content (AvgIpc) is 3.35. The number of alkyl halides is 1. The lowest BCUT2D eigenvalue weighted by Gasteiger charge is -2.41. The number of anilines is 1. The van der Waals surface area contributed by atoms with E-state index in [1.54, 1.807) is 12.4 Å². The van der Waals surface area contributed by atoms with E-state index in [0.29, 0.717) is 35.9 Å². The number of carbonyl (C=O) groups excluding carboxylic acids is 1. The summed E-state index contributed by atoms with van der Waals surface area (Å²) in [5.74, 6) is -1.32. The minimum atomic E-state index is -1.06. The van der Waals surface area contributed by atoms with Gasteiger partial charge in [0.25, 0.3) is 5.91 Å². The van der Waals surface area contributed by atoms with Gasteiger partial charge in [0.1, 0.15) is 18.6 Å². The van der Waals surface area contributed by atoms with Gasteiger partial charge in [-0.25, -0.2) is 8.78 Å². The highest BCUT2D eigenvalue weighted by atomic mass is 35.5. The van der Waals surface area contributed by atoms with Crippen molar-refractivity contribution < 1.29 is 18.3 Å². The zero-order chi connectivity index (χ0) is 31.0. The van der Waals surface area contributed by atoms with Gasteiger partial charge in [0.05, 0.1) is 24.0 Å². The monoisotopic (exact) mass is 617 g/mol. The van der Waals surface area contributed by atoms with Gasteiger partial charge in [-0.15, -0.1) is 0 Å². The number of halogens is 3. The summed E-state index contributed by atoms with van der Waals surface area (Å²) in [5, 5.41) is 12.6. The van der Waals surface area contributed by atoms with Gasteiger partial charge in [-0.1, -0.05) is 36.4 Å². The molecule has 6 rings (SSSR count). The van der Waals surface area contributed by atoms with Crippen molar-refractivity contribution in [3.8, 4) is 23.2 Å². The van der Waals surface area contributed by atoms with E-state index >= 15 is 0 Å². The number of rotatable bonds is 7. The number of nitriles is 1. The fourth-order valence-corrected chi connectivity index (χ4v) is 6.39. The van der Waals surface area contributed by atoms with E-state index in [1.807, 2.05) is 53.2 Å². The van der Waals surface area contributed by atoms with Crippen LogP contribution in [-0.4, -0.2) is 88.7 Å². The third-order valence-electron chi connectivity index (χ3n) is 8.34. The molecule has 0 aliphatic carbocycles. The highest BCUT2D eigenvalue weighted by Gasteiger charge is 2.34. The Morgan fingerprint density at radius 3 is 2.77 bits per heavy atom. The predicted molar refractivity (Wildman–Crippen MR) is 165 cm³/mol. The molecular weight excluding hydrogens is 588 g/mol. The van der Waals surface area contributed by atoms with Crippen LogP contribution in [0.4, 0.5) is 14.6 Å². The van der Waals surface area contributed by atoms with Gasteiger partial charge >= 0.3 is 6.01 Å². The predicted octanol–water partition coefficient (Wildman–Crippen LogP) is 5.33. The topological polar surface area (TPSA) is 98.5 Å². The van der Waals surface area contributed by atoms with Crippen molar-refractivity contribution in [1.29, 1.82) is 5.26 Å². The Labute approximate surface area is 258 Å². The average molecular weight is 618 g/mol. The second-order valence-electron chi connectivity index (χ2n) is 11.2. The molecule has 44 heavy (non-hydrogen) atoms. The Kier molecular flexibility index (Phi) is 8.29. The zero-order valence-electron chi connectivity index (χ0n) is 24.1. The number of carbonyl (C=O) groups is 1. The van der Waals surface area contributed by atoms with E-state index in [9.17, 15) is 18.8 Å². The fourth-order valence-electron chi connectivity index (χ4n) is 6.10.